The predicted molar refractivity (Wildman–Crippen MR) is 35.6 cm³/mol. The standard InChI is InChI=1S/Cu.K.H3O4P.H2O4S.H/c;;2*1-5(2,3)4;/h;;(H3,1,2,3,4);(H2,1,2,3,4);. The third kappa shape index (κ3) is 330. The molecule has 0 aliphatic carbocycles. The predicted octanol–water partition coefficient (Wildman–Crippen LogP) is -2.23. The summed E-state index contributed by atoms with van der Waals surface area (Å²) in [7, 11) is -9.31. The van der Waals surface area contributed by atoms with Crippen molar-refractivity contribution in [2.75, 3.05) is 0 Å². The monoisotopic (exact) mass is 299 g/mol. The van der Waals surface area contributed by atoms with Crippen LogP contribution in [0, 0.1) is 0 Å². The Morgan fingerprint density at radius 3 is 1.00 bits per heavy atom. The van der Waals surface area contributed by atoms with E-state index in [2.05, 4.69) is 0 Å². The third-order valence-corrected chi connectivity index (χ3v) is 0. The van der Waals surface area contributed by atoms with Gasteiger partial charge in [0.1, 0.15) is 0 Å². The van der Waals surface area contributed by atoms with E-state index in [1.807, 2.05) is 0 Å². The van der Waals surface area contributed by atoms with Crippen LogP contribution in [0.2, 0.25) is 0 Å². The van der Waals surface area contributed by atoms with Gasteiger partial charge in [-0.2, -0.15) is 8.42 Å². The molecule has 0 heterocycles. The molecule has 0 fully saturated rings. The van der Waals surface area contributed by atoms with Crippen molar-refractivity contribution in [3.8, 4) is 0 Å². The number of hydrogen-bond acceptors (Lipinski definition) is 3. The van der Waals surface area contributed by atoms with Gasteiger partial charge in [-0.05, 0) is 0 Å². The van der Waals surface area contributed by atoms with E-state index in [9.17, 15) is 0 Å². The molecule has 0 bridgehead atoms. The van der Waals surface area contributed by atoms with Gasteiger partial charge in [0.2, 0.25) is 0 Å². The van der Waals surface area contributed by atoms with Crippen LogP contribution in [0.5, 0.6) is 0 Å². The Morgan fingerprint density at radius 2 is 1.00 bits per heavy atom. The Morgan fingerprint density at radius 1 is 1.00 bits per heavy atom. The molecule has 0 amide bonds. The van der Waals surface area contributed by atoms with Gasteiger partial charge in [-0.25, -0.2) is 4.57 Å². The van der Waals surface area contributed by atoms with E-state index >= 15 is 0 Å². The summed E-state index contributed by atoms with van der Waals surface area (Å²) in [4.78, 5) is 21.6. The van der Waals surface area contributed by atoms with E-state index in [-0.39, 0.29) is 68.5 Å². The second-order valence-electron chi connectivity index (χ2n) is 0.961. The van der Waals surface area contributed by atoms with Crippen LogP contribution in [0.1, 0.15) is 0 Å². The normalized spacial score (nSPS) is 9.75. The maximum atomic E-state index is 8.88. The zero-order valence-corrected chi connectivity index (χ0v) is 7.27. The molecule has 0 aliphatic heterocycles. The number of rotatable bonds is 0. The molecule has 0 aromatic rings. The molecule has 0 aliphatic rings. The van der Waals surface area contributed by atoms with Crippen molar-refractivity contribution in [1.82, 2.24) is 0 Å². The summed E-state index contributed by atoms with van der Waals surface area (Å²) in [5.74, 6) is 0. The van der Waals surface area contributed by atoms with Crippen molar-refractivity contribution in [2.24, 2.45) is 0 Å². The van der Waals surface area contributed by atoms with E-state index in [0.717, 1.165) is 0 Å². The molecule has 0 spiro atoms. The van der Waals surface area contributed by atoms with Gasteiger partial charge >= 0.3 is 69.6 Å². The van der Waals surface area contributed by atoms with Crippen molar-refractivity contribution in [3.05, 3.63) is 0 Å². The van der Waals surface area contributed by atoms with Gasteiger partial charge in [-0.1, -0.05) is 0 Å². The van der Waals surface area contributed by atoms with Crippen LogP contribution in [0.3, 0.4) is 0 Å². The summed E-state index contributed by atoms with van der Waals surface area (Å²) in [6, 6.07) is 0. The average Bonchev–Trinajstić information content (AvgIpc) is 1.12. The van der Waals surface area contributed by atoms with Crippen molar-refractivity contribution in [3.63, 3.8) is 0 Å². The van der Waals surface area contributed by atoms with Gasteiger partial charge in [0.25, 0.3) is 0 Å². The Labute approximate surface area is 121 Å². The summed E-state index contributed by atoms with van der Waals surface area (Å²) >= 11 is 0. The first-order chi connectivity index (χ1) is 4.00. The molecule has 0 saturated heterocycles. The van der Waals surface area contributed by atoms with Crippen molar-refractivity contribution < 1.29 is 53.8 Å². The molecule has 0 aromatic heterocycles. The summed E-state index contributed by atoms with van der Waals surface area (Å²) in [5, 5.41) is 0. The first-order valence-electron chi connectivity index (χ1n) is 1.48. The van der Waals surface area contributed by atoms with Crippen molar-refractivity contribution in [2.45, 2.75) is 0 Å². The first kappa shape index (κ1) is 23.7. The molecular formula is H6CuKO8PS. The van der Waals surface area contributed by atoms with Gasteiger partial charge in [0, 0.05) is 17.1 Å². The molecule has 1 radical (unpaired) electrons. The fourth-order valence-corrected chi connectivity index (χ4v) is 0. The van der Waals surface area contributed by atoms with Crippen LogP contribution < -0.4 is 0 Å². The SMILES string of the molecule is O=P(O)(O)O.O=S(=O)(O)O.[Cu].[KH]. The molecule has 0 saturated carbocycles. The van der Waals surface area contributed by atoms with Crippen LogP contribution >= 0.6 is 7.82 Å². The van der Waals surface area contributed by atoms with E-state index in [0.29, 0.717) is 0 Å². The molecular weight excluding hydrogens is 294 g/mol. The second kappa shape index (κ2) is 9.68. The molecule has 5 N–H and O–H groups in total. The molecule has 8 nitrogen and oxygen atoms in total. The van der Waals surface area contributed by atoms with Crippen molar-refractivity contribution >= 4 is 69.6 Å². The Kier molecular flexibility index (Phi) is 19.2. The fraction of sp³-hybridized carbons (Fsp3) is 0. The zero-order chi connectivity index (χ0) is 9.00. The van der Waals surface area contributed by atoms with Crippen LogP contribution in [0.25, 0.3) is 0 Å². The van der Waals surface area contributed by atoms with Crippen LogP contribution in [0.4, 0.5) is 0 Å². The summed E-state index contributed by atoms with van der Waals surface area (Å²) in [6.45, 7) is 0. The van der Waals surface area contributed by atoms with Gasteiger partial charge < -0.3 is 14.7 Å². The van der Waals surface area contributed by atoms with Crippen LogP contribution in [-0.4, -0.2) is 83.6 Å². The Balaban J connectivity index is -0.0000000457. The summed E-state index contributed by atoms with van der Waals surface area (Å²) in [5.41, 5.74) is 0. The molecule has 0 rings (SSSR count). The summed E-state index contributed by atoms with van der Waals surface area (Å²) < 4.78 is 40.5. The Hall–Kier alpha value is 2.14. The van der Waals surface area contributed by atoms with Gasteiger partial charge in [-0.15, -0.1) is 0 Å². The topological polar surface area (TPSA) is 152 Å². The molecule has 77 valence electrons. The van der Waals surface area contributed by atoms with E-state index in [1.54, 1.807) is 0 Å². The molecule has 12 heteroatoms. The van der Waals surface area contributed by atoms with Gasteiger partial charge in [0.05, 0.1) is 0 Å². The average molecular weight is 300 g/mol. The van der Waals surface area contributed by atoms with Gasteiger partial charge in [0.15, 0.2) is 0 Å². The Bertz CT molecular complexity index is 197. The minimum atomic E-state index is -4.67. The fourth-order valence-electron chi connectivity index (χ4n) is 0. The molecule has 0 atom stereocenters. The zero-order valence-electron chi connectivity index (χ0n) is 4.62. The quantitative estimate of drug-likeness (QED) is 0.191. The van der Waals surface area contributed by atoms with E-state index in [4.69, 9.17) is 36.8 Å². The third-order valence-electron chi connectivity index (χ3n) is 0. The number of hydrogen-bond donors (Lipinski definition) is 5. The first-order valence-corrected chi connectivity index (χ1v) is 4.44. The van der Waals surface area contributed by atoms with Crippen LogP contribution in [-0.2, 0) is 32.0 Å². The van der Waals surface area contributed by atoms with E-state index in [1.165, 1.54) is 0 Å². The molecule has 0 unspecified atom stereocenters. The second-order valence-corrected chi connectivity index (χ2v) is 2.88. The number of phosphoric acid groups is 1. The van der Waals surface area contributed by atoms with Crippen molar-refractivity contribution in [1.29, 1.82) is 0 Å². The van der Waals surface area contributed by atoms with Crippen LogP contribution in [0.15, 0.2) is 0 Å². The molecule has 12 heavy (non-hydrogen) atoms. The maximum absolute atomic E-state index is 8.88. The minimum absolute atomic E-state index is 0. The van der Waals surface area contributed by atoms with E-state index < -0.39 is 18.2 Å². The van der Waals surface area contributed by atoms with Gasteiger partial charge in [-0.3, -0.25) is 9.11 Å². The summed E-state index contributed by atoms with van der Waals surface area (Å²) in [6.07, 6.45) is 0. The molecule has 0 aromatic carbocycles.